The minimum Gasteiger partial charge on any atom is -0.147 e. The Labute approximate surface area is 211 Å². The average Bonchev–Trinajstić information content (AvgIpc) is 2.76. The van der Waals surface area contributed by atoms with Crippen LogP contribution in [0.1, 0.15) is 69.4 Å². The number of ether oxygens (including phenoxy) is 1. The molecular formula is C23H40ClF3InNO3. The van der Waals surface area contributed by atoms with Crippen LogP contribution in [0.2, 0.25) is 4.18 Å². The summed E-state index contributed by atoms with van der Waals surface area (Å²) < 4.78 is 47.6. The van der Waals surface area contributed by atoms with Gasteiger partial charge < -0.3 is 15.9 Å². The molecule has 0 aliphatic carbocycles. The maximum atomic E-state index is 13.6. The first-order valence-electron chi connectivity index (χ1n) is 11.5. The van der Waals surface area contributed by atoms with Gasteiger partial charge in [-0.3, -0.25) is 0 Å². The van der Waals surface area contributed by atoms with Gasteiger partial charge in [-0.15, -0.1) is 12.4 Å². The summed E-state index contributed by atoms with van der Waals surface area (Å²) in [6, 6.07) is 4.05. The van der Waals surface area contributed by atoms with Crippen molar-refractivity contribution in [2.45, 2.75) is 80.6 Å². The van der Waals surface area contributed by atoms with Crippen LogP contribution in [0.5, 0.6) is 5.75 Å². The molecule has 0 amide bonds. The van der Waals surface area contributed by atoms with Crippen LogP contribution in [0, 0.1) is 5.92 Å². The van der Waals surface area contributed by atoms with Gasteiger partial charge in [0.1, 0.15) is 0 Å². The Balaban J connectivity index is 0.00000961. The summed E-state index contributed by atoms with van der Waals surface area (Å²) >= 11 is 0.728. The SMILES string of the molecule is CCCCC(CC[CH2][InH2])CCCOc1ccc(CCC(N)(CO)CO)cc1C(F)(F)F.Cl. The zero-order chi connectivity index (χ0) is 23.3. The number of nitrogens with two attached hydrogens (primary N) is 1. The molecule has 186 valence electrons. The molecule has 0 aliphatic rings. The number of rotatable bonds is 16. The molecular weight excluding hydrogens is 546 g/mol. The van der Waals surface area contributed by atoms with Crippen molar-refractivity contribution < 1.29 is 28.1 Å². The fourth-order valence-electron chi connectivity index (χ4n) is 3.65. The van der Waals surface area contributed by atoms with E-state index in [1.807, 2.05) is 0 Å². The van der Waals surface area contributed by atoms with Crippen LogP contribution in [-0.2, 0) is 12.6 Å². The number of halogens is 4. The van der Waals surface area contributed by atoms with E-state index in [2.05, 4.69) is 6.92 Å². The fourth-order valence-corrected chi connectivity index (χ4v) is 4.82. The summed E-state index contributed by atoms with van der Waals surface area (Å²) in [7, 11) is 0. The molecule has 0 aromatic heterocycles. The van der Waals surface area contributed by atoms with Crippen LogP contribution in [0.3, 0.4) is 0 Å². The number of aliphatic hydroxyl groups excluding tert-OH is 2. The van der Waals surface area contributed by atoms with Crippen LogP contribution in [0.15, 0.2) is 18.2 Å². The molecule has 0 fully saturated rings. The second kappa shape index (κ2) is 16.5. The molecule has 4 nitrogen and oxygen atoms in total. The molecule has 32 heavy (non-hydrogen) atoms. The third kappa shape index (κ3) is 11.8. The van der Waals surface area contributed by atoms with Crippen molar-refractivity contribution in [3.8, 4) is 5.75 Å². The second-order valence-electron chi connectivity index (χ2n) is 8.65. The van der Waals surface area contributed by atoms with Gasteiger partial charge in [0.05, 0.1) is 18.8 Å². The first-order valence-corrected chi connectivity index (χ1v) is 15.6. The molecule has 1 aromatic rings. The predicted octanol–water partition coefficient (Wildman–Crippen LogP) is 4.54. The molecule has 1 unspecified atom stereocenters. The Bertz CT molecular complexity index is 623. The van der Waals surface area contributed by atoms with Gasteiger partial charge in [-0.25, -0.2) is 0 Å². The van der Waals surface area contributed by atoms with Gasteiger partial charge in [0.2, 0.25) is 0 Å². The zero-order valence-corrected chi connectivity index (χ0v) is 25.9. The second-order valence-corrected chi connectivity index (χ2v) is 11.5. The van der Waals surface area contributed by atoms with Gasteiger partial charge in [-0.1, -0.05) is 0 Å². The minimum atomic E-state index is -4.52. The van der Waals surface area contributed by atoms with Crippen LogP contribution in [-0.4, -0.2) is 59.9 Å². The number of aryl methyl sites for hydroxylation is 1. The van der Waals surface area contributed by atoms with Crippen molar-refractivity contribution >= 4 is 36.8 Å². The number of alkyl halides is 3. The normalized spacial score (nSPS) is 13.0. The van der Waals surface area contributed by atoms with E-state index in [1.54, 1.807) is 6.07 Å². The standard InChI is InChI=1S/C23H37F3NO3.ClH.In.2H/c1-3-5-8-18(7-4-2)9-6-14-30-21-11-10-19(15-20(21)23(24,25)26)12-13-22(27,16-28)17-29;;;;/h10-11,15,18,28-29H,2-9,12-14,16-17,27H2,1H3;1H;;;. The molecule has 4 N–H and O–H groups in total. The summed E-state index contributed by atoms with van der Waals surface area (Å²) in [6.45, 7) is 1.59. The van der Waals surface area contributed by atoms with Crippen molar-refractivity contribution in [2.75, 3.05) is 19.8 Å². The maximum absolute atomic E-state index is 13.6. The van der Waals surface area contributed by atoms with E-state index >= 15 is 0 Å². The third-order valence-electron chi connectivity index (χ3n) is 5.84. The monoisotopic (exact) mass is 585 g/mol. The quantitative estimate of drug-likeness (QED) is 0.249. The number of hydrogen-bond donors (Lipinski definition) is 3. The van der Waals surface area contributed by atoms with Gasteiger partial charge in [0.25, 0.3) is 0 Å². The van der Waals surface area contributed by atoms with E-state index in [9.17, 15) is 23.4 Å². The molecule has 0 saturated heterocycles. The first kappa shape index (κ1) is 31.9. The number of aliphatic hydroxyl groups is 2. The molecule has 0 bridgehead atoms. The fraction of sp³-hybridized carbons (Fsp3) is 0.739. The van der Waals surface area contributed by atoms with Crippen molar-refractivity contribution in [1.29, 1.82) is 0 Å². The molecule has 0 saturated carbocycles. The van der Waals surface area contributed by atoms with Gasteiger partial charge in [0, 0.05) is 0 Å². The molecule has 0 radical (unpaired) electrons. The van der Waals surface area contributed by atoms with Crippen molar-refractivity contribution in [2.24, 2.45) is 11.7 Å². The zero-order valence-electron chi connectivity index (χ0n) is 19.4. The Morgan fingerprint density at radius 3 is 2.25 bits per heavy atom. The average molecular weight is 586 g/mol. The van der Waals surface area contributed by atoms with E-state index in [1.165, 1.54) is 42.3 Å². The van der Waals surface area contributed by atoms with E-state index in [4.69, 9.17) is 10.5 Å². The van der Waals surface area contributed by atoms with E-state index in [0.717, 1.165) is 43.3 Å². The molecule has 9 heteroatoms. The Morgan fingerprint density at radius 1 is 1.06 bits per heavy atom. The Morgan fingerprint density at radius 2 is 1.69 bits per heavy atom. The Kier molecular flexibility index (Phi) is 16.4. The number of unbranched alkanes of at least 4 members (excludes halogenated alkanes) is 1. The van der Waals surface area contributed by atoms with Crippen LogP contribution >= 0.6 is 12.4 Å². The first-order chi connectivity index (χ1) is 14.7. The van der Waals surface area contributed by atoms with Crippen LogP contribution in [0.4, 0.5) is 13.2 Å². The predicted molar refractivity (Wildman–Crippen MR) is 128 cm³/mol. The third-order valence-corrected chi connectivity index (χ3v) is 7.86. The molecule has 0 heterocycles. The van der Waals surface area contributed by atoms with Gasteiger partial charge in [0.15, 0.2) is 0 Å². The van der Waals surface area contributed by atoms with Crippen LogP contribution < -0.4 is 10.5 Å². The topological polar surface area (TPSA) is 75.7 Å². The van der Waals surface area contributed by atoms with Gasteiger partial charge in [-0.05, 0) is 12.8 Å². The van der Waals surface area contributed by atoms with E-state index in [0.29, 0.717) is 11.5 Å². The Hall–Kier alpha value is -0.150. The van der Waals surface area contributed by atoms with E-state index < -0.39 is 30.5 Å². The van der Waals surface area contributed by atoms with Crippen molar-refractivity contribution in [3.63, 3.8) is 0 Å². The summed E-state index contributed by atoms with van der Waals surface area (Å²) in [5, 5.41) is 18.5. The summed E-state index contributed by atoms with van der Waals surface area (Å²) in [5.41, 5.74) is 4.27. The van der Waals surface area contributed by atoms with Crippen LogP contribution in [0.25, 0.3) is 0 Å². The van der Waals surface area contributed by atoms with E-state index in [-0.39, 0.29) is 37.6 Å². The molecule has 1 rings (SSSR count). The molecule has 1 aromatic carbocycles. The molecule has 0 aliphatic heterocycles. The molecule has 0 spiro atoms. The summed E-state index contributed by atoms with van der Waals surface area (Å²) in [6.07, 6.45) is 3.70. The molecule has 1 atom stereocenters. The smallest absolute Gasteiger partial charge is 0.147 e. The van der Waals surface area contributed by atoms with Gasteiger partial charge in [-0.2, -0.15) is 0 Å². The number of benzene rings is 1. The minimum absolute atomic E-state index is 0. The summed E-state index contributed by atoms with van der Waals surface area (Å²) in [5.74, 6) is 0.501. The summed E-state index contributed by atoms with van der Waals surface area (Å²) in [4.78, 5) is 0. The number of hydrogen-bond acceptors (Lipinski definition) is 4. The van der Waals surface area contributed by atoms with Crippen molar-refractivity contribution in [3.05, 3.63) is 29.3 Å². The van der Waals surface area contributed by atoms with Crippen molar-refractivity contribution in [1.82, 2.24) is 0 Å². The van der Waals surface area contributed by atoms with Gasteiger partial charge >= 0.3 is 152 Å².